The molecule has 0 radical (unpaired) electrons. The predicted molar refractivity (Wildman–Crippen MR) is 58.6 cm³/mol. The van der Waals surface area contributed by atoms with Gasteiger partial charge in [-0.3, -0.25) is 0 Å². The molecule has 0 bridgehead atoms. The second-order valence-electron chi connectivity index (χ2n) is 4.00. The van der Waals surface area contributed by atoms with Crippen molar-refractivity contribution in [2.45, 2.75) is 12.8 Å². The molecule has 0 aromatic carbocycles. The Labute approximate surface area is 87.3 Å². The fourth-order valence-corrected chi connectivity index (χ4v) is 1.58. The van der Waals surface area contributed by atoms with Crippen molar-refractivity contribution >= 4 is 17.3 Å². The van der Waals surface area contributed by atoms with Crippen LogP contribution in [0.1, 0.15) is 12.8 Å². The highest BCUT2D eigenvalue weighted by Crippen LogP contribution is 2.28. The Morgan fingerprint density at radius 1 is 1.47 bits per heavy atom. The highest BCUT2D eigenvalue weighted by atomic mass is 15.3. The number of nitrogens with two attached hydrogens (primary N) is 1. The minimum atomic E-state index is 0.509. The van der Waals surface area contributed by atoms with Crippen molar-refractivity contribution in [3.05, 3.63) is 18.3 Å². The number of nitrogens with one attached hydrogen (secondary N) is 1. The molecule has 0 unspecified atom stereocenters. The van der Waals surface area contributed by atoms with Gasteiger partial charge in [-0.05, 0) is 30.9 Å². The van der Waals surface area contributed by atoms with Crippen LogP contribution in [0.25, 0.3) is 5.65 Å². The molecule has 0 saturated heterocycles. The van der Waals surface area contributed by atoms with E-state index in [4.69, 9.17) is 5.73 Å². The van der Waals surface area contributed by atoms with Gasteiger partial charge in [0.05, 0.1) is 6.20 Å². The zero-order valence-electron chi connectivity index (χ0n) is 8.35. The first kappa shape index (κ1) is 8.52. The Kier molecular flexibility index (Phi) is 1.77. The van der Waals surface area contributed by atoms with Crippen molar-refractivity contribution in [3.8, 4) is 0 Å². The molecule has 2 aromatic heterocycles. The first-order valence-electron chi connectivity index (χ1n) is 5.17. The smallest absolute Gasteiger partial charge is 0.156 e. The maximum atomic E-state index is 5.63. The number of imidazole rings is 1. The summed E-state index contributed by atoms with van der Waals surface area (Å²) in [6.45, 7) is 1.00. The number of fused-ring (bicyclic) bond motifs is 1. The lowest BCUT2D eigenvalue weighted by Gasteiger charge is -2.03. The maximum absolute atomic E-state index is 5.63. The van der Waals surface area contributed by atoms with Gasteiger partial charge in [0.15, 0.2) is 5.65 Å². The van der Waals surface area contributed by atoms with E-state index in [0.29, 0.717) is 5.82 Å². The van der Waals surface area contributed by atoms with Crippen LogP contribution < -0.4 is 11.1 Å². The third kappa shape index (κ3) is 1.60. The molecule has 1 saturated carbocycles. The van der Waals surface area contributed by atoms with Crippen LogP contribution in [0.5, 0.6) is 0 Å². The number of anilines is 2. The van der Waals surface area contributed by atoms with Crippen molar-refractivity contribution in [2.75, 3.05) is 17.6 Å². The predicted octanol–water partition coefficient (Wildman–Crippen LogP) is 1.13. The Hall–Kier alpha value is -1.78. The molecule has 0 spiro atoms. The molecule has 15 heavy (non-hydrogen) atoms. The Morgan fingerprint density at radius 3 is 3.13 bits per heavy atom. The minimum Gasteiger partial charge on any atom is -0.382 e. The maximum Gasteiger partial charge on any atom is 0.156 e. The van der Waals surface area contributed by atoms with Crippen molar-refractivity contribution in [1.29, 1.82) is 0 Å². The van der Waals surface area contributed by atoms with Gasteiger partial charge in [0.2, 0.25) is 0 Å². The average molecular weight is 203 g/mol. The summed E-state index contributed by atoms with van der Waals surface area (Å²) in [6.07, 6.45) is 4.46. The van der Waals surface area contributed by atoms with Crippen LogP contribution in [0.4, 0.5) is 11.6 Å². The number of rotatable bonds is 3. The molecule has 1 aliphatic carbocycles. The summed E-state index contributed by atoms with van der Waals surface area (Å²) in [4.78, 5) is 4.24. The molecule has 5 heteroatoms. The van der Waals surface area contributed by atoms with Gasteiger partial charge in [-0.25, -0.2) is 4.98 Å². The summed E-state index contributed by atoms with van der Waals surface area (Å²) in [5, 5.41) is 7.54. The van der Waals surface area contributed by atoms with Crippen LogP contribution in [0, 0.1) is 5.92 Å². The molecule has 5 nitrogen and oxygen atoms in total. The van der Waals surface area contributed by atoms with Crippen LogP contribution in [0.15, 0.2) is 18.3 Å². The number of aromatic nitrogens is 3. The van der Waals surface area contributed by atoms with Crippen molar-refractivity contribution in [3.63, 3.8) is 0 Å². The number of nitrogens with zero attached hydrogens (tertiary/aromatic N) is 3. The first-order valence-corrected chi connectivity index (χ1v) is 5.17. The molecule has 3 N–H and O–H groups in total. The fourth-order valence-electron chi connectivity index (χ4n) is 1.58. The Morgan fingerprint density at radius 2 is 2.33 bits per heavy atom. The second-order valence-corrected chi connectivity index (χ2v) is 4.00. The van der Waals surface area contributed by atoms with Crippen molar-refractivity contribution in [2.24, 2.45) is 5.92 Å². The molecule has 0 atom stereocenters. The summed E-state index contributed by atoms with van der Waals surface area (Å²) < 4.78 is 1.75. The van der Waals surface area contributed by atoms with Gasteiger partial charge in [-0.1, -0.05) is 0 Å². The summed E-state index contributed by atoms with van der Waals surface area (Å²) in [5.41, 5.74) is 6.45. The normalized spacial score (nSPS) is 15.7. The molecule has 1 aliphatic rings. The molecule has 3 rings (SSSR count). The lowest BCUT2D eigenvalue weighted by molar-refractivity contribution is 0.862. The van der Waals surface area contributed by atoms with Crippen molar-refractivity contribution < 1.29 is 0 Å². The molecular weight excluding hydrogens is 190 g/mol. The van der Waals surface area contributed by atoms with Gasteiger partial charge in [-0.15, -0.1) is 5.10 Å². The van der Waals surface area contributed by atoms with Crippen LogP contribution in [-0.4, -0.2) is 21.1 Å². The van der Waals surface area contributed by atoms with E-state index in [0.717, 1.165) is 23.9 Å². The van der Waals surface area contributed by atoms with Crippen LogP contribution in [-0.2, 0) is 0 Å². The van der Waals surface area contributed by atoms with E-state index in [1.165, 1.54) is 12.8 Å². The molecule has 78 valence electrons. The lowest BCUT2D eigenvalue weighted by Crippen LogP contribution is -2.07. The Bertz CT molecular complexity index is 486. The Balaban J connectivity index is 1.91. The molecule has 1 fully saturated rings. The van der Waals surface area contributed by atoms with E-state index in [1.807, 2.05) is 6.07 Å². The van der Waals surface area contributed by atoms with E-state index in [1.54, 1.807) is 16.8 Å². The number of nitrogen functional groups attached to an aromatic ring is 1. The topological polar surface area (TPSA) is 68.2 Å². The number of hydrogen-bond donors (Lipinski definition) is 2. The van der Waals surface area contributed by atoms with E-state index < -0.39 is 0 Å². The lowest BCUT2D eigenvalue weighted by atomic mass is 10.4. The van der Waals surface area contributed by atoms with Gasteiger partial charge in [0.1, 0.15) is 11.6 Å². The third-order valence-electron chi connectivity index (χ3n) is 2.65. The fraction of sp³-hybridized carbons (Fsp3) is 0.400. The monoisotopic (exact) mass is 203 g/mol. The molecule has 0 amide bonds. The van der Waals surface area contributed by atoms with Gasteiger partial charge < -0.3 is 11.1 Å². The van der Waals surface area contributed by atoms with E-state index in [9.17, 15) is 0 Å². The molecule has 2 heterocycles. The second kappa shape index (κ2) is 3.12. The quantitative estimate of drug-likeness (QED) is 0.784. The highest BCUT2D eigenvalue weighted by Gasteiger charge is 2.21. The first-order chi connectivity index (χ1) is 7.33. The minimum absolute atomic E-state index is 0.509. The van der Waals surface area contributed by atoms with Gasteiger partial charge in [0, 0.05) is 6.54 Å². The molecular formula is C10H13N5. The van der Waals surface area contributed by atoms with Gasteiger partial charge in [-0.2, -0.15) is 4.52 Å². The van der Waals surface area contributed by atoms with E-state index in [2.05, 4.69) is 15.4 Å². The number of hydrogen-bond acceptors (Lipinski definition) is 4. The zero-order valence-corrected chi connectivity index (χ0v) is 8.35. The summed E-state index contributed by atoms with van der Waals surface area (Å²) in [6, 6.07) is 3.62. The van der Waals surface area contributed by atoms with Crippen LogP contribution in [0.2, 0.25) is 0 Å². The summed E-state index contributed by atoms with van der Waals surface area (Å²) in [7, 11) is 0. The summed E-state index contributed by atoms with van der Waals surface area (Å²) in [5.74, 6) is 2.26. The SMILES string of the molecule is Nc1ccc2ncc(NCC3CC3)n2n1. The van der Waals surface area contributed by atoms with Gasteiger partial charge >= 0.3 is 0 Å². The van der Waals surface area contributed by atoms with Gasteiger partial charge in [0.25, 0.3) is 0 Å². The molecule has 2 aromatic rings. The largest absolute Gasteiger partial charge is 0.382 e. The van der Waals surface area contributed by atoms with Crippen molar-refractivity contribution in [1.82, 2.24) is 14.6 Å². The third-order valence-corrected chi connectivity index (χ3v) is 2.65. The zero-order chi connectivity index (χ0) is 10.3. The van der Waals surface area contributed by atoms with E-state index >= 15 is 0 Å². The summed E-state index contributed by atoms with van der Waals surface area (Å²) >= 11 is 0. The van der Waals surface area contributed by atoms with Crippen LogP contribution >= 0.6 is 0 Å². The average Bonchev–Trinajstić information content (AvgIpc) is 2.97. The standard InChI is InChI=1S/C10H13N5/c11-8-3-4-9-13-6-10(15(9)14-8)12-5-7-1-2-7/h3-4,6-7,12H,1-2,5H2,(H2,11,14). The van der Waals surface area contributed by atoms with Crippen LogP contribution in [0.3, 0.4) is 0 Å². The highest BCUT2D eigenvalue weighted by molar-refractivity contribution is 5.50. The molecule has 0 aliphatic heterocycles. The van der Waals surface area contributed by atoms with E-state index in [-0.39, 0.29) is 0 Å².